The van der Waals surface area contributed by atoms with Crippen molar-refractivity contribution in [3.8, 4) is 0 Å². The summed E-state index contributed by atoms with van der Waals surface area (Å²) in [6, 6.07) is 4.41. The van der Waals surface area contributed by atoms with E-state index in [0.717, 1.165) is 25.1 Å². The second kappa shape index (κ2) is 8.67. The van der Waals surface area contributed by atoms with Crippen molar-refractivity contribution in [3.05, 3.63) is 29.8 Å². The molecule has 2 fully saturated rings. The summed E-state index contributed by atoms with van der Waals surface area (Å²) < 4.78 is 55.1. The van der Waals surface area contributed by atoms with Crippen LogP contribution in [0.5, 0.6) is 0 Å². The number of hydrogen-bond donors (Lipinski definition) is 2. The smallest absolute Gasteiger partial charge is 0.416 e. The molecule has 2 aliphatic heterocycles. The van der Waals surface area contributed by atoms with Gasteiger partial charge < -0.3 is 19.5 Å². The van der Waals surface area contributed by atoms with Crippen LogP contribution in [0.3, 0.4) is 0 Å². The summed E-state index contributed by atoms with van der Waals surface area (Å²) in [5, 5.41) is 5.74. The fourth-order valence-corrected chi connectivity index (χ4v) is 3.36. The highest BCUT2D eigenvalue weighted by molar-refractivity contribution is 5.84. The Bertz CT molecular complexity index is 683. The molecule has 156 valence electrons. The first-order chi connectivity index (χ1) is 13.2. The Kier molecular flexibility index (Phi) is 6.47. The Morgan fingerprint density at radius 1 is 1.25 bits per heavy atom. The Balaban J connectivity index is 1.51. The van der Waals surface area contributed by atoms with Gasteiger partial charge in [-0.3, -0.25) is 5.32 Å². The van der Waals surface area contributed by atoms with Crippen LogP contribution in [0.1, 0.15) is 25.8 Å². The fourth-order valence-electron chi connectivity index (χ4n) is 3.36. The number of ether oxygens (including phenoxy) is 3. The molecule has 3 rings (SSSR count). The van der Waals surface area contributed by atoms with Gasteiger partial charge >= 0.3 is 12.3 Å². The van der Waals surface area contributed by atoms with Crippen LogP contribution in [-0.4, -0.2) is 50.2 Å². The predicted molar refractivity (Wildman–Crippen MR) is 96.1 cm³/mol. The molecule has 1 amide bonds. The van der Waals surface area contributed by atoms with Crippen molar-refractivity contribution in [2.24, 2.45) is 5.92 Å². The van der Waals surface area contributed by atoms with Gasteiger partial charge in [0.15, 0.2) is 6.10 Å². The van der Waals surface area contributed by atoms with Crippen molar-refractivity contribution in [3.63, 3.8) is 0 Å². The maximum absolute atomic E-state index is 12.8. The molecule has 0 spiro atoms. The molecule has 4 unspecified atom stereocenters. The van der Waals surface area contributed by atoms with E-state index in [1.54, 1.807) is 0 Å². The molecule has 6 nitrogen and oxygen atoms in total. The van der Waals surface area contributed by atoms with E-state index in [2.05, 4.69) is 24.5 Å². The molecular formula is C19H25F3N2O4. The topological polar surface area (TPSA) is 68.8 Å². The number of rotatable bonds is 6. The number of benzene rings is 1. The molecular weight excluding hydrogens is 377 g/mol. The Morgan fingerprint density at radius 2 is 2.00 bits per heavy atom. The van der Waals surface area contributed by atoms with Crippen molar-refractivity contribution >= 4 is 11.8 Å². The molecule has 0 aliphatic carbocycles. The number of carbonyl (C=O) groups is 1. The van der Waals surface area contributed by atoms with Gasteiger partial charge in [-0.05, 0) is 37.1 Å². The van der Waals surface area contributed by atoms with E-state index in [9.17, 15) is 18.0 Å². The molecule has 0 saturated carbocycles. The van der Waals surface area contributed by atoms with Gasteiger partial charge in [0.2, 0.25) is 0 Å². The number of amides is 1. The molecule has 2 heterocycles. The summed E-state index contributed by atoms with van der Waals surface area (Å²) in [7, 11) is 0. The molecule has 0 aromatic heterocycles. The highest BCUT2D eigenvalue weighted by Gasteiger charge is 2.49. The van der Waals surface area contributed by atoms with Crippen LogP contribution in [0, 0.1) is 5.92 Å². The first kappa shape index (κ1) is 20.9. The van der Waals surface area contributed by atoms with Gasteiger partial charge in [0, 0.05) is 5.69 Å². The third-order valence-corrected chi connectivity index (χ3v) is 4.83. The van der Waals surface area contributed by atoms with Crippen LogP contribution < -0.4 is 10.6 Å². The fraction of sp³-hybridized carbons (Fsp3) is 0.632. The van der Waals surface area contributed by atoms with Crippen LogP contribution in [-0.2, 0) is 20.4 Å². The lowest BCUT2D eigenvalue weighted by atomic mass is 10.1. The largest absolute Gasteiger partial charge is 0.441 e. The number of nitrogens with one attached hydrogen (secondary N) is 2. The first-order valence-electron chi connectivity index (χ1n) is 9.35. The minimum Gasteiger partial charge on any atom is -0.441 e. The lowest BCUT2D eigenvalue weighted by Gasteiger charge is -2.18. The maximum Gasteiger partial charge on any atom is 0.416 e. The van der Waals surface area contributed by atoms with Gasteiger partial charge in [0.1, 0.15) is 12.2 Å². The van der Waals surface area contributed by atoms with E-state index in [1.807, 2.05) is 0 Å². The molecule has 28 heavy (non-hydrogen) atoms. The Labute approximate surface area is 161 Å². The third-order valence-electron chi connectivity index (χ3n) is 4.83. The third kappa shape index (κ3) is 5.15. The van der Waals surface area contributed by atoms with Crippen molar-refractivity contribution in [2.45, 2.75) is 50.8 Å². The van der Waals surface area contributed by atoms with E-state index >= 15 is 0 Å². The lowest BCUT2D eigenvalue weighted by molar-refractivity contribution is -0.137. The molecule has 0 bridgehead atoms. The number of halogens is 3. The number of anilines is 1. The highest BCUT2D eigenvalue weighted by Crippen LogP contribution is 2.31. The van der Waals surface area contributed by atoms with Crippen molar-refractivity contribution in [1.82, 2.24) is 5.32 Å². The number of alkyl halides is 3. The van der Waals surface area contributed by atoms with E-state index < -0.39 is 23.9 Å². The summed E-state index contributed by atoms with van der Waals surface area (Å²) in [5.74, 6) is 0.589. The molecule has 2 saturated heterocycles. The average Bonchev–Trinajstić information content (AvgIpc) is 3.18. The predicted octanol–water partition coefficient (Wildman–Crippen LogP) is 3.42. The second-order valence-corrected chi connectivity index (χ2v) is 7.49. The molecule has 2 aliphatic rings. The zero-order chi connectivity index (χ0) is 20.3. The van der Waals surface area contributed by atoms with Crippen LogP contribution in [0.25, 0.3) is 0 Å². The Hall–Kier alpha value is -1.84. The van der Waals surface area contributed by atoms with E-state index in [1.165, 1.54) is 12.1 Å². The van der Waals surface area contributed by atoms with Crippen LogP contribution in [0.4, 0.5) is 23.7 Å². The SMILES string of the molecule is CC(C)CCNC1COC2C(OC(=O)Nc3cccc(C(F)(F)F)c3)COC12. The van der Waals surface area contributed by atoms with Crippen molar-refractivity contribution < 1.29 is 32.2 Å². The summed E-state index contributed by atoms with van der Waals surface area (Å²) in [5.41, 5.74) is -0.833. The quantitative estimate of drug-likeness (QED) is 0.763. The number of carbonyl (C=O) groups excluding carboxylic acids is 1. The zero-order valence-corrected chi connectivity index (χ0v) is 15.8. The molecule has 9 heteroatoms. The summed E-state index contributed by atoms with van der Waals surface area (Å²) >= 11 is 0. The van der Waals surface area contributed by atoms with Crippen molar-refractivity contribution in [2.75, 3.05) is 25.1 Å². The summed E-state index contributed by atoms with van der Waals surface area (Å²) in [6.07, 6.45) is -5.49. The standard InChI is InChI=1S/C19H25F3N2O4/c1-11(2)6-7-23-14-9-26-17-15(10-27-16(14)17)28-18(25)24-13-5-3-4-12(8-13)19(20,21)22/h3-5,8,11,14-17,23H,6-7,9-10H2,1-2H3,(H,24,25). The normalized spacial score (nSPS) is 27.1. The first-order valence-corrected chi connectivity index (χ1v) is 9.35. The van der Waals surface area contributed by atoms with Gasteiger partial charge in [-0.15, -0.1) is 0 Å². The molecule has 1 aromatic rings. The van der Waals surface area contributed by atoms with E-state index in [-0.39, 0.29) is 30.5 Å². The molecule has 4 atom stereocenters. The molecule has 1 aromatic carbocycles. The van der Waals surface area contributed by atoms with Crippen LogP contribution in [0.15, 0.2) is 24.3 Å². The van der Waals surface area contributed by atoms with Crippen molar-refractivity contribution in [1.29, 1.82) is 0 Å². The molecule has 0 radical (unpaired) electrons. The summed E-state index contributed by atoms with van der Waals surface area (Å²) in [6.45, 7) is 5.79. The highest BCUT2D eigenvalue weighted by atomic mass is 19.4. The minimum absolute atomic E-state index is 0.0101. The zero-order valence-electron chi connectivity index (χ0n) is 15.8. The molecule has 2 N–H and O–H groups in total. The number of fused-ring (bicyclic) bond motifs is 1. The van der Waals surface area contributed by atoms with E-state index in [4.69, 9.17) is 14.2 Å². The van der Waals surface area contributed by atoms with Gasteiger partial charge in [0.25, 0.3) is 0 Å². The minimum atomic E-state index is -4.48. The Morgan fingerprint density at radius 3 is 2.71 bits per heavy atom. The van der Waals surface area contributed by atoms with Gasteiger partial charge in [-0.1, -0.05) is 19.9 Å². The van der Waals surface area contributed by atoms with E-state index in [0.29, 0.717) is 12.5 Å². The van der Waals surface area contributed by atoms with Gasteiger partial charge in [-0.2, -0.15) is 13.2 Å². The van der Waals surface area contributed by atoms with Crippen LogP contribution >= 0.6 is 0 Å². The average molecular weight is 402 g/mol. The maximum atomic E-state index is 12.8. The monoisotopic (exact) mass is 402 g/mol. The second-order valence-electron chi connectivity index (χ2n) is 7.49. The summed E-state index contributed by atoms with van der Waals surface area (Å²) in [4.78, 5) is 12.1. The van der Waals surface area contributed by atoms with Gasteiger partial charge in [-0.25, -0.2) is 4.79 Å². The van der Waals surface area contributed by atoms with Crippen LogP contribution in [0.2, 0.25) is 0 Å². The lowest BCUT2D eigenvalue weighted by Crippen LogP contribution is -2.42. The number of hydrogen-bond acceptors (Lipinski definition) is 5. The van der Waals surface area contributed by atoms with Gasteiger partial charge in [0.05, 0.1) is 24.8 Å².